The topological polar surface area (TPSA) is 58.5 Å². The molecule has 0 aliphatic rings. The standard InChI is InChI=1S/C18H23BrN4O.HI/c1-3-20-18(22-11-9-16-6-4-5-10-21-16)23-13-14-12-15(19)7-8-17(14)24-2;/h4-8,10,12H,3,9,11,13H2,1-2H3,(H2,20,22,23);1H. The fraction of sp³-hybridized carbons (Fsp3) is 0.333. The van der Waals surface area contributed by atoms with Crippen molar-refractivity contribution in [1.82, 2.24) is 15.6 Å². The highest BCUT2D eigenvalue weighted by Crippen LogP contribution is 2.23. The summed E-state index contributed by atoms with van der Waals surface area (Å²) in [6.07, 6.45) is 2.67. The summed E-state index contributed by atoms with van der Waals surface area (Å²) in [7, 11) is 1.67. The molecular formula is C18H24BrIN4O. The number of pyridine rings is 1. The molecule has 1 aromatic carbocycles. The van der Waals surface area contributed by atoms with Crippen molar-refractivity contribution in [3.05, 3.63) is 58.3 Å². The number of nitrogens with zero attached hydrogens (tertiary/aromatic N) is 2. The van der Waals surface area contributed by atoms with Crippen LogP contribution in [0.15, 0.2) is 52.1 Å². The van der Waals surface area contributed by atoms with Gasteiger partial charge in [-0.1, -0.05) is 22.0 Å². The van der Waals surface area contributed by atoms with Gasteiger partial charge in [-0.15, -0.1) is 24.0 Å². The Morgan fingerprint density at radius 1 is 1.24 bits per heavy atom. The number of ether oxygens (including phenoxy) is 1. The van der Waals surface area contributed by atoms with Gasteiger partial charge < -0.3 is 15.4 Å². The molecule has 136 valence electrons. The molecule has 0 amide bonds. The van der Waals surface area contributed by atoms with Crippen LogP contribution in [0.4, 0.5) is 0 Å². The fourth-order valence-electron chi connectivity index (χ4n) is 2.23. The van der Waals surface area contributed by atoms with E-state index in [9.17, 15) is 0 Å². The van der Waals surface area contributed by atoms with Crippen LogP contribution in [0.2, 0.25) is 0 Å². The van der Waals surface area contributed by atoms with Crippen molar-refractivity contribution >= 4 is 45.9 Å². The van der Waals surface area contributed by atoms with Crippen molar-refractivity contribution in [2.45, 2.75) is 19.9 Å². The number of halogens is 2. The van der Waals surface area contributed by atoms with Crippen LogP contribution >= 0.6 is 39.9 Å². The Morgan fingerprint density at radius 2 is 2.08 bits per heavy atom. The van der Waals surface area contributed by atoms with Crippen molar-refractivity contribution in [3.63, 3.8) is 0 Å². The van der Waals surface area contributed by atoms with E-state index in [1.807, 2.05) is 42.6 Å². The molecule has 2 rings (SSSR count). The first-order valence-electron chi connectivity index (χ1n) is 7.97. The zero-order chi connectivity index (χ0) is 17.2. The fourth-order valence-corrected chi connectivity index (χ4v) is 2.64. The molecule has 5 nitrogen and oxygen atoms in total. The molecule has 25 heavy (non-hydrogen) atoms. The molecule has 0 aliphatic heterocycles. The van der Waals surface area contributed by atoms with E-state index in [1.54, 1.807) is 7.11 Å². The van der Waals surface area contributed by atoms with E-state index in [0.29, 0.717) is 6.54 Å². The first-order valence-corrected chi connectivity index (χ1v) is 8.76. The van der Waals surface area contributed by atoms with Gasteiger partial charge in [0.05, 0.1) is 13.7 Å². The van der Waals surface area contributed by atoms with Gasteiger partial charge in [0.25, 0.3) is 0 Å². The highest BCUT2D eigenvalue weighted by atomic mass is 127. The van der Waals surface area contributed by atoms with Crippen molar-refractivity contribution in [1.29, 1.82) is 0 Å². The first-order chi connectivity index (χ1) is 11.7. The van der Waals surface area contributed by atoms with Gasteiger partial charge in [-0.2, -0.15) is 0 Å². The molecule has 0 aliphatic carbocycles. The number of hydrogen-bond donors (Lipinski definition) is 2. The van der Waals surface area contributed by atoms with E-state index < -0.39 is 0 Å². The van der Waals surface area contributed by atoms with Crippen molar-refractivity contribution < 1.29 is 4.74 Å². The normalized spacial score (nSPS) is 10.8. The summed E-state index contributed by atoms with van der Waals surface area (Å²) in [5, 5.41) is 6.60. The number of aromatic nitrogens is 1. The van der Waals surface area contributed by atoms with Crippen molar-refractivity contribution in [2.75, 3.05) is 20.2 Å². The minimum absolute atomic E-state index is 0. The quantitative estimate of drug-likeness (QED) is 0.333. The zero-order valence-electron chi connectivity index (χ0n) is 14.5. The second-order valence-corrected chi connectivity index (χ2v) is 6.06. The lowest BCUT2D eigenvalue weighted by Crippen LogP contribution is -2.38. The van der Waals surface area contributed by atoms with Gasteiger partial charge in [-0.3, -0.25) is 4.98 Å². The molecule has 0 spiro atoms. The van der Waals surface area contributed by atoms with E-state index in [-0.39, 0.29) is 24.0 Å². The number of hydrogen-bond acceptors (Lipinski definition) is 3. The minimum Gasteiger partial charge on any atom is -0.496 e. The third kappa shape index (κ3) is 7.60. The lowest BCUT2D eigenvalue weighted by molar-refractivity contribution is 0.409. The van der Waals surface area contributed by atoms with Gasteiger partial charge in [0, 0.05) is 41.4 Å². The molecule has 0 saturated heterocycles. The number of nitrogens with one attached hydrogen (secondary N) is 2. The van der Waals surface area contributed by atoms with Gasteiger partial charge >= 0.3 is 0 Å². The summed E-state index contributed by atoms with van der Waals surface area (Å²) in [5.41, 5.74) is 2.10. The van der Waals surface area contributed by atoms with Gasteiger partial charge in [-0.05, 0) is 37.3 Å². The maximum atomic E-state index is 5.39. The van der Waals surface area contributed by atoms with E-state index in [4.69, 9.17) is 4.74 Å². The summed E-state index contributed by atoms with van der Waals surface area (Å²) in [5.74, 6) is 1.63. The van der Waals surface area contributed by atoms with E-state index in [1.165, 1.54) is 0 Å². The Bertz CT molecular complexity index is 667. The Balaban J connectivity index is 0.00000312. The summed E-state index contributed by atoms with van der Waals surface area (Å²) in [6, 6.07) is 11.9. The number of aliphatic imine (C=N–C) groups is 1. The minimum atomic E-state index is 0. The van der Waals surface area contributed by atoms with E-state index >= 15 is 0 Å². The summed E-state index contributed by atoms with van der Waals surface area (Å²) in [6.45, 7) is 4.18. The number of benzene rings is 1. The first kappa shape index (κ1) is 21.7. The summed E-state index contributed by atoms with van der Waals surface area (Å²) >= 11 is 3.49. The van der Waals surface area contributed by atoms with Crippen LogP contribution in [0.25, 0.3) is 0 Å². The Hall–Kier alpha value is -1.35. The molecule has 0 atom stereocenters. The second-order valence-electron chi connectivity index (χ2n) is 5.15. The molecule has 0 radical (unpaired) electrons. The molecule has 2 N–H and O–H groups in total. The maximum absolute atomic E-state index is 5.39. The monoisotopic (exact) mass is 518 g/mol. The molecule has 1 heterocycles. The van der Waals surface area contributed by atoms with E-state index in [2.05, 4.69) is 43.5 Å². The molecule has 1 aromatic heterocycles. The van der Waals surface area contributed by atoms with Crippen LogP contribution in [0.3, 0.4) is 0 Å². The average Bonchev–Trinajstić information content (AvgIpc) is 2.60. The van der Waals surface area contributed by atoms with Gasteiger partial charge in [-0.25, -0.2) is 4.99 Å². The Kier molecular flexibility index (Phi) is 10.5. The molecule has 2 aromatic rings. The molecule has 0 fully saturated rings. The molecule has 0 saturated carbocycles. The van der Waals surface area contributed by atoms with Gasteiger partial charge in [0.1, 0.15) is 5.75 Å². The highest BCUT2D eigenvalue weighted by Gasteiger charge is 2.04. The SMILES string of the molecule is CCNC(=NCc1cc(Br)ccc1OC)NCCc1ccccn1.I. The smallest absolute Gasteiger partial charge is 0.191 e. The van der Waals surface area contributed by atoms with Crippen LogP contribution in [0, 0.1) is 0 Å². The van der Waals surface area contributed by atoms with E-state index in [0.717, 1.165) is 46.9 Å². The lowest BCUT2D eigenvalue weighted by atomic mass is 10.2. The lowest BCUT2D eigenvalue weighted by Gasteiger charge is -2.12. The van der Waals surface area contributed by atoms with Crippen LogP contribution in [-0.2, 0) is 13.0 Å². The van der Waals surface area contributed by atoms with Crippen LogP contribution in [0.5, 0.6) is 5.75 Å². The maximum Gasteiger partial charge on any atom is 0.191 e. The van der Waals surface area contributed by atoms with Gasteiger partial charge in [0.2, 0.25) is 0 Å². The number of rotatable bonds is 7. The van der Waals surface area contributed by atoms with Crippen LogP contribution in [0.1, 0.15) is 18.2 Å². The third-order valence-electron chi connectivity index (χ3n) is 3.39. The molecular weight excluding hydrogens is 495 g/mol. The van der Waals surface area contributed by atoms with Crippen molar-refractivity contribution in [3.8, 4) is 5.75 Å². The predicted octanol–water partition coefficient (Wildman–Crippen LogP) is 3.77. The average molecular weight is 519 g/mol. The summed E-state index contributed by atoms with van der Waals surface area (Å²) < 4.78 is 6.41. The largest absolute Gasteiger partial charge is 0.496 e. The molecule has 7 heteroatoms. The molecule has 0 bridgehead atoms. The predicted molar refractivity (Wildman–Crippen MR) is 117 cm³/mol. The number of guanidine groups is 1. The summed E-state index contributed by atoms with van der Waals surface area (Å²) in [4.78, 5) is 8.96. The third-order valence-corrected chi connectivity index (χ3v) is 3.89. The highest BCUT2D eigenvalue weighted by molar-refractivity contribution is 14.0. The Morgan fingerprint density at radius 3 is 2.76 bits per heavy atom. The zero-order valence-corrected chi connectivity index (χ0v) is 18.4. The molecule has 0 unspecified atom stereocenters. The number of methoxy groups -OCH3 is 1. The van der Waals surface area contributed by atoms with Crippen LogP contribution < -0.4 is 15.4 Å². The second kappa shape index (κ2) is 12.1. The van der Waals surface area contributed by atoms with Crippen LogP contribution in [-0.4, -0.2) is 31.1 Å². The Labute approximate surface area is 174 Å². The van der Waals surface area contributed by atoms with Crippen molar-refractivity contribution in [2.24, 2.45) is 4.99 Å². The van der Waals surface area contributed by atoms with Gasteiger partial charge in [0.15, 0.2) is 5.96 Å².